The van der Waals surface area contributed by atoms with Crippen molar-refractivity contribution in [2.45, 2.75) is 64.8 Å². The van der Waals surface area contributed by atoms with E-state index in [2.05, 4.69) is 31.9 Å². The number of hydrogen-bond donors (Lipinski definition) is 1. The van der Waals surface area contributed by atoms with Crippen LogP contribution in [0.4, 0.5) is 0 Å². The van der Waals surface area contributed by atoms with Crippen LogP contribution in [-0.2, 0) is 19.4 Å². The maximum Gasteiger partial charge on any atom is 0.193 e. The third-order valence-electron chi connectivity index (χ3n) is 4.75. The molecule has 0 unspecified atom stereocenters. The molecule has 1 aromatic rings. The molecule has 0 aromatic carbocycles. The van der Waals surface area contributed by atoms with Gasteiger partial charge >= 0.3 is 0 Å². The Morgan fingerprint density at radius 1 is 1.09 bits per heavy atom. The SMILES string of the molecule is CCNC(=NCCCc1nnc2n1CCCCC2)N1CCCC1. The molecule has 3 rings (SSSR count). The van der Waals surface area contributed by atoms with E-state index in [1.807, 2.05) is 0 Å². The Bertz CT molecular complexity index is 515. The zero-order valence-electron chi connectivity index (χ0n) is 14.4. The second-order valence-electron chi connectivity index (χ2n) is 6.53. The molecule has 0 radical (unpaired) electrons. The lowest BCUT2D eigenvalue weighted by Crippen LogP contribution is -2.39. The minimum Gasteiger partial charge on any atom is -0.357 e. The van der Waals surface area contributed by atoms with Crippen LogP contribution >= 0.6 is 0 Å². The lowest BCUT2D eigenvalue weighted by Gasteiger charge is -2.20. The van der Waals surface area contributed by atoms with Gasteiger partial charge in [-0.05, 0) is 39.0 Å². The van der Waals surface area contributed by atoms with Gasteiger partial charge in [-0.3, -0.25) is 4.99 Å². The Labute approximate surface area is 139 Å². The number of aromatic nitrogens is 3. The summed E-state index contributed by atoms with van der Waals surface area (Å²) in [5.74, 6) is 3.43. The molecule has 3 heterocycles. The van der Waals surface area contributed by atoms with Crippen LogP contribution < -0.4 is 5.32 Å². The fraction of sp³-hybridized carbons (Fsp3) is 0.824. The lowest BCUT2D eigenvalue weighted by molar-refractivity contribution is 0.493. The Balaban J connectivity index is 1.52. The quantitative estimate of drug-likeness (QED) is 0.512. The zero-order valence-corrected chi connectivity index (χ0v) is 14.4. The van der Waals surface area contributed by atoms with E-state index in [1.165, 1.54) is 37.9 Å². The van der Waals surface area contributed by atoms with Crippen LogP contribution in [0, 0.1) is 0 Å². The minimum absolute atomic E-state index is 0.862. The highest BCUT2D eigenvalue weighted by molar-refractivity contribution is 5.80. The summed E-state index contributed by atoms with van der Waals surface area (Å²) in [6, 6.07) is 0. The third-order valence-corrected chi connectivity index (χ3v) is 4.75. The predicted octanol–water partition coefficient (Wildman–Crippen LogP) is 2.00. The molecule has 0 bridgehead atoms. The standard InChI is InChI=1S/C17H30N6/c1-2-18-17(22-12-6-7-13-22)19-11-8-10-16-21-20-15-9-4-3-5-14-23(15)16/h2-14H2,1H3,(H,18,19). The smallest absolute Gasteiger partial charge is 0.193 e. The fourth-order valence-electron chi connectivity index (χ4n) is 3.51. The van der Waals surface area contributed by atoms with Gasteiger partial charge in [0, 0.05) is 45.6 Å². The number of nitrogens with zero attached hydrogens (tertiary/aromatic N) is 5. The van der Waals surface area contributed by atoms with Gasteiger partial charge < -0.3 is 14.8 Å². The minimum atomic E-state index is 0.862. The molecule has 2 aliphatic rings. The number of likely N-dealkylation sites (tertiary alicyclic amines) is 1. The maximum absolute atomic E-state index is 4.80. The molecule has 0 spiro atoms. The van der Waals surface area contributed by atoms with E-state index in [1.54, 1.807) is 0 Å². The highest BCUT2D eigenvalue weighted by atomic mass is 15.3. The van der Waals surface area contributed by atoms with E-state index in [0.29, 0.717) is 0 Å². The number of rotatable bonds is 5. The molecule has 2 aliphatic heterocycles. The van der Waals surface area contributed by atoms with Gasteiger partial charge in [0.15, 0.2) is 5.96 Å². The van der Waals surface area contributed by atoms with Gasteiger partial charge in [-0.1, -0.05) is 6.42 Å². The number of aliphatic imine (C=N–C) groups is 1. The summed E-state index contributed by atoms with van der Waals surface area (Å²) in [5.41, 5.74) is 0. The van der Waals surface area contributed by atoms with E-state index in [9.17, 15) is 0 Å². The molecule has 1 fully saturated rings. The molecule has 0 saturated carbocycles. The number of hydrogen-bond acceptors (Lipinski definition) is 3. The van der Waals surface area contributed by atoms with Crippen molar-refractivity contribution in [3.05, 3.63) is 11.6 Å². The van der Waals surface area contributed by atoms with Crippen LogP contribution in [0.1, 0.15) is 57.1 Å². The Kier molecular flexibility index (Phi) is 5.88. The molecule has 6 heteroatoms. The molecule has 1 saturated heterocycles. The maximum atomic E-state index is 4.80. The van der Waals surface area contributed by atoms with Crippen molar-refractivity contribution in [2.75, 3.05) is 26.2 Å². The summed E-state index contributed by atoms with van der Waals surface area (Å²) in [7, 11) is 0. The molecule has 1 aromatic heterocycles. The normalized spacial score (nSPS) is 18.8. The van der Waals surface area contributed by atoms with Gasteiger partial charge in [0.2, 0.25) is 0 Å². The van der Waals surface area contributed by atoms with Crippen LogP contribution in [0.5, 0.6) is 0 Å². The fourth-order valence-corrected chi connectivity index (χ4v) is 3.51. The summed E-state index contributed by atoms with van der Waals surface area (Å²) in [6.07, 6.45) is 9.52. The van der Waals surface area contributed by atoms with Crippen LogP contribution in [0.15, 0.2) is 4.99 Å². The number of guanidine groups is 1. The van der Waals surface area contributed by atoms with E-state index < -0.39 is 0 Å². The van der Waals surface area contributed by atoms with Gasteiger partial charge in [0.25, 0.3) is 0 Å². The van der Waals surface area contributed by atoms with Crippen LogP contribution in [0.25, 0.3) is 0 Å². The van der Waals surface area contributed by atoms with Crippen molar-refractivity contribution >= 4 is 5.96 Å². The van der Waals surface area contributed by atoms with Crippen molar-refractivity contribution in [3.63, 3.8) is 0 Å². The van der Waals surface area contributed by atoms with Crippen molar-refractivity contribution in [1.29, 1.82) is 0 Å². The van der Waals surface area contributed by atoms with Gasteiger partial charge in [-0.25, -0.2) is 0 Å². The van der Waals surface area contributed by atoms with Crippen molar-refractivity contribution in [3.8, 4) is 0 Å². The first-order chi connectivity index (χ1) is 11.4. The summed E-state index contributed by atoms with van der Waals surface area (Å²) >= 11 is 0. The lowest BCUT2D eigenvalue weighted by atomic mass is 10.2. The second kappa shape index (κ2) is 8.31. The first kappa shape index (κ1) is 16.3. The average molecular weight is 318 g/mol. The highest BCUT2D eigenvalue weighted by Gasteiger charge is 2.16. The molecule has 128 valence electrons. The first-order valence-electron chi connectivity index (χ1n) is 9.32. The van der Waals surface area contributed by atoms with E-state index in [-0.39, 0.29) is 0 Å². The molecule has 0 amide bonds. The Morgan fingerprint density at radius 2 is 1.91 bits per heavy atom. The van der Waals surface area contributed by atoms with E-state index in [4.69, 9.17) is 4.99 Å². The van der Waals surface area contributed by atoms with Gasteiger partial charge in [-0.2, -0.15) is 0 Å². The van der Waals surface area contributed by atoms with Crippen LogP contribution in [0.3, 0.4) is 0 Å². The van der Waals surface area contributed by atoms with Gasteiger partial charge in [0.05, 0.1) is 0 Å². The van der Waals surface area contributed by atoms with Crippen LogP contribution in [-0.4, -0.2) is 51.8 Å². The topological polar surface area (TPSA) is 58.3 Å². The van der Waals surface area contributed by atoms with Crippen molar-refractivity contribution < 1.29 is 0 Å². The molecule has 0 atom stereocenters. The number of aryl methyl sites for hydroxylation is 2. The van der Waals surface area contributed by atoms with E-state index in [0.717, 1.165) is 63.8 Å². The molecule has 23 heavy (non-hydrogen) atoms. The summed E-state index contributed by atoms with van der Waals surface area (Å²) in [5, 5.41) is 12.2. The molecular formula is C17H30N6. The molecule has 0 aliphatic carbocycles. The van der Waals surface area contributed by atoms with Crippen LogP contribution in [0.2, 0.25) is 0 Å². The Hall–Kier alpha value is -1.59. The second-order valence-corrected chi connectivity index (χ2v) is 6.53. The van der Waals surface area contributed by atoms with Crippen molar-refractivity contribution in [2.24, 2.45) is 4.99 Å². The van der Waals surface area contributed by atoms with E-state index >= 15 is 0 Å². The largest absolute Gasteiger partial charge is 0.357 e. The summed E-state index contributed by atoms with van der Waals surface area (Å²) < 4.78 is 2.35. The van der Waals surface area contributed by atoms with Gasteiger partial charge in [-0.15, -0.1) is 10.2 Å². The highest BCUT2D eigenvalue weighted by Crippen LogP contribution is 2.15. The van der Waals surface area contributed by atoms with Crippen molar-refractivity contribution in [1.82, 2.24) is 25.0 Å². The average Bonchev–Trinajstić information content (AvgIpc) is 3.16. The first-order valence-corrected chi connectivity index (χ1v) is 9.32. The number of fused-ring (bicyclic) bond motifs is 1. The number of nitrogens with one attached hydrogen (secondary N) is 1. The zero-order chi connectivity index (χ0) is 15.9. The van der Waals surface area contributed by atoms with Gasteiger partial charge in [0.1, 0.15) is 11.6 Å². The monoisotopic (exact) mass is 318 g/mol. The Morgan fingerprint density at radius 3 is 2.74 bits per heavy atom. The molecular weight excluding hydrogens is 288 g/mol. The summed E-state index contributed by atoms with van der Waals surface area (Å²) in [6.45, 7) is 7.31. The summed E-state index contributed by atoms with van der Waals surface area (Å²) in [4.78, 5) is 7.18. The molecule has 6 nitrogen and oxygen atoms in total. The third kappa shape index (κ3) is 4.24. The predicted molar refractivity (Wildman–Crippen MR) is 92.7 cm³/mol. The molecule has 1 N–H and O–H groups in total.